The van der Waals surface area contributed by atoms with Crippen LogP contribution in [0.2, 0.25) is 0 Å². The van der Waals surface area contributed by atoms with Gasteiger partial charge in [0.25, 0.3) is 5.19 Å². The molecule has 0 aliphatic carbocycles. The Bertz CT molecular complexity index is 498. The molecule has 0 radical (unpaired) electrons. The monoisotopic (exact) mass is 346 g/mol. The van der Waals surface area contributed by atoms with Crippen LogP contribution in [0.25, 0.3) is 0 Å². The Balaban J connectivity index is 2.22. The van der Waals surface area contributed by atoms with E-state index < -0.39 is 0 Å². The van der Waals surface area contributed by atoms with Crippen LogP contribution in [0.5, 0.6) is 10.9 Å². The van der Waals surface area contributed by atoms with Gasteiger partial charge in [-0.05, 0) is 47.2 Å². The maximum Gasteiger partial charge on any atom is 0.298 e. The molecular formula is C11H11IN2OS. The minimum absolute atomic E-state index is 0.611. The van der Waals surface area contributed by atoms with Crippen LogP contribution in [0, 0.1) is 10.5 Å². The van der Waals surface area contributed by atoms with Crippen molar-refractivity contribution in [3.63, 3.8) is 0 Å². The van der Waals surface area contributed by atoms with E-state index in [0.29, 0.717) is 5.19 Å². The van der Waals surface area contributed by atoms with Crippen LogP contribution < -0.4 is 4.74 Å². The summed E-state index contributed by atoms with van der Waals surface area (Å²) in [6, 6.07) is 6.11. The summed E-state index contributed by atoms with van der Waals surface area (Å²) in [5.41, 5.74) is 1.18. The Kier molecular flexibility index (Phi) is 3.75. The van der Waals surface area contributed by atoms with E-state index in [0.717, 1.165) is 21.6 Å². The summed E-state index contributed by atoms with van der Waals surface area (Å²) in [5.74, 6) is 1.68. The highest BCUT2D eigenvalue weighted by molar-refractivity contribution is 14.1. The van der Waals surface area contributed by atoms with E-state index in [9.17, 15) is 0 Å². The zero-order valence-electron chi connectivity index (χ0n) is 9.03. The van der Waals surface area contributed by atoms with Crippen molar-refractivity contribution in [2.75, 3.05) is 0 Å². The van der Waals surface area contributed by atoms with Gasteiger partial charge in [-0.2, -0.15) is 9.36 Å². The maximum atomic E-state index is 5.71. The van der Waals surface area contributed by atoms with Gasteiger partial charge >= 0.3 is 0 Å². The largest absolute Gasteiger partial charge is 0.429 e. The minimum atomic E-state index is 0.611. The second kappa shape index (κ2) is 5.09. The SMILES string of the molecule is CCc1nsc(Oc2cc(C)ccc2I)n1. The number of nitrogens with zero attached hydrogens (tertiary/aromatic N) is 2. The van der Waals surface area contributed by atoms with E-state index in [-0.39, 0.29) is 0 Å². The molecule has 1 aromatic heterocycles. The van der Waals surface area contributed by atoms with E-state index >= 15 is 0 Å². The molecule has 2 rings (SSSR count). The van der Waals surface area contributed by atoms with E-state index in [2.05, 4.69) is 38.0 Å². The summed E-state index contributed by atoms with van der Waals surface area (Å²) in [6.07, 6.45) is 0.838. The van der Waals surface area contributed by atoms with Crippen molar-refractivity contribution in [2.45, 2.75) is 20.3 Å². The second-order valence-electron chi connectivity index (χ2n) is 3.37. The van der Waals surface area contributed by atoms with Crippen molar-refractivity contribution >= 4 is 34.1 Å². The minimum Gasteiger partial charge on any atom is -0.429 e. The Labute approximate surface area is 112 Å². The molecule has 0 spiro atoms. The molecule has 0 aliphatic rings. The number of halogens is 1. The average molecular weight is 346 g/mol. The van der Waals surface area contributed by atoms with Crippen LogP contribution in [0.4, 0.5) is 0 Å². The number of ether oxygens (including phenoxy) is 1. The third-order valence-corrected chi connectivity index (χ3v) is 3.57. The first-order valence-electron chi connectivity index (χ1n) is 4.95. The smallest absolute Gasteiger partial charge is 0.298 e. The summed E-state index contributed by atoms with van der Waals surface area (Å²) >= 11 is 3.55. The fourth-order valence-electron chi connectivity index (χ4n) is 1.21. The lowest BCUT2D eigenvalue weighted by Gasteiger charge is -2.04. The van der Waals surface area contributed by atoms with Gasteiger partial charge in [0, 0.05) is 18.0 Å². The molecule has 84 valence electrons. The molecule has 0 fully saturated rings. The standard InChI is InChI=1S/C11H11IN2OS/c1-3-10-13-11(16-14-10)15-9-6-7(2)4-5-8(9)12/h4-6H,3H2,1-2H3. The number of aromatic nitrogens is 2. The topological polar surface area (TPSA) is 35.0 Å². The molecule has 0 N–H and O–H groups in total. The second-order valence-corrected chi connectivity index (χ2v) is 5.24. The van der Waals surface area contributed by atoms with Crippen LogP contribution in [0.1, 0.15) is 18.3 Å². The quantitative estimate of drug-likeness (QED) is 0.793. The molecule has 0 saturated heterocycles. The van der Waals surface area contributed by atoms with Crippen LogP contribution in [0.3, 0.4) is 0 Å². The van der Waals surface area contributed by atoms with Gasteiger partial charge in [0.1, 0.15) is 11.6 Å². The lowest BCUT2D eigenvalue weighted by atomic mass is 10.2. The van der Waals surface area contributed by atoms with Crippen LogP contribution in [-0.4, -0.2) is 9.36 Å². The number of hydrogen-bond donors (Lipinski definition) is 0. The lowest BCUT2D eigenvalue weighted by molar-refractivity contribution is 0.473. The van der Waals surface area contributed by atoms with Crippen LogP contribution >= 0.6 is 34.1 Å². The maximum absolute atomic E-state index is 5.71. The summed E-state index contributed by atoms with van der Waals surface area (Å²) in [4.78, 5) is 4.28. The number of aryl methyl sites for hydroxylation is 2. The molecule has 5 heteroatoms. The molecule has 0 amide bonds. The highest BCUT2D eigenvalue weighted by Crippen LogP contribution is 2.28. The van der Waals surface area contributed by atoms with Gasteiger partial charge in [0.05, 0.1) is 3.57 Å². The van der Waals surface area contributed by atoms with Crippen molar-refractivity contribution in [2.24, 2.45) is 0 Å². The van der Waals surface area contributed by atoms with E-state index in [1.165, 1.54) is 17.1 Å². The van der Waals surface area contributed by atoms with Gasteiger partial charge in [0.15, 0.2) is 0 Å². The van der Waals surface area contributed by atoms with Gasteiger partial charge in [0.2, 0.25) is 0 Å². The Morgan fingerprint density at radius 2 is 2.25 bits per heavy atom. The third kappa shape index (κ3) is 2.70. The number of hydrogen-bond acceptors (Lipinski definition) is 4. The van der Waals surface area contributed by atoms with Gasteiger partial charge in [-0.25, -0.2) is 0 Å². The Morgan fingerprint density at radius 3 is 2.94 bits per heavy atom. The molecule has 0 aliphatic heterocycles. The van der Waals surface area contributed by atoms with Crippen LogP contribution in [0.15, 0.2) is 18.2 Å². The third-order valence-electron chi connectivity index (χ3n) is 2.05. The molecule has 3 nitrogen and oxygen atoms in total. The first-order chi connectivity index (χ1) is 7.69. The molecule has 1 aromatic carbocycles. The van der Waals surface area contributed by atoms with Crippen molar-refractivity contribution < 1.29 is 4.74 Å². The molecule has 16 heavy (non-hydrogen) atoms. The molecule has 0 unspecified atom stereocenters. The summed E-state index contributed by atoms with van der Waals surface area (Å²) in [7, 11) is 0. The Morgan fingerprint density at radius 1 is 1.44 bits per heavy atom. The molecule has 0 atom stereocenters. The van der Waals surface area contributed by atoms with Gasteiger partial charge in [-0.15, -0.1) is 0 Å². The lowest BCUT2D eigenvalue weighted by Crippen LogP contribution is -1.88. The zero-order valence-corrected chi connectivity index (χ0v) is 12.0. The van der Waals surface area contributed by atoms with Crippen LogP contribution in [-0.2, 0) is 6.42 Å². The van der Waals surface area contributed by atoms with Crippen molar-refractivity contribution in [1.82, 2.24) is 9.36 Å². The highest BCUT2D eigenvalue weighted by Gasteiger charge is 2.07. The number of benzene rings is 1. The first-order valence-corrected chi connectivity index (χ1v) is 6.81. The molecule has 2 aromatic rings. The fraction of sp³-hybridized carbons (Fsp3) is 0.273. The zero-order chi connectivity index (χ0) is 11.5. The van der Waals surface area contributed by atoms with Crippen molar-refractivity contribution in [1.29, 1.82) is 0 Å². The molecule has 0 saturated carbocycles. The molecule has 0 bridgehead atoms. The fourth-order valence-corrected chi connectivity index (χ4v) is 2.28. The highest BCUT2D eigenvalue weighted by atomic mass is 127. The van der Waals surface area contributed by atoms with Crippen molar-refractivity contribution in [3.05, 3.63) is 33.2 Å². The number of rotatable bonds is 3. The van der Waals surface area contributed by atoms with Gasteiger partial charge in [-0.1, -0.05) is 13.0 Å². The predicted octanol–water partition coefficient (Wildman–Crippen LogP) is 3.81. The summed E-state index contributed by atoms with van der Waals surface area (Å²) in [5, 5.41) is 0.611. The first kappa shape index (κ1) is 11.8. The Hall–Kier alpha value is -0.690. The summed E-state index contributed by atoms with van der Waals surface area (Å²) in [6.45, 7) is 4.07. The summed E-state index contributed by atoms with van der Waals surface area (Å²) < 4.78 is 11.0. The van der Waals surface area contributed by atoms with E-state index in [1.54, 1.807) is 0 Å². The van der Waals surface area contributed by atoms with Gasteiger partial charge in [-0.3, -0.25) is 0 Å². The normalized spacial score (nSPS) is 10.4. The van der Waals surface area contributed by atoms with E-state index in [4.69, 9.17) is 4.74 Å². The predicted molar refractivity (Wildman–Crippen MR) is 73.3 cm³/mol. The average Bonchev–Trinajstić information content (AvgIpc) is 2.71. The molecule has 1 heterocycles. The van der Waals surface area contributed by atoms with E-state index in [1.807, 2.05) is 26.0 Å². The molecular weight excluding hydrogens is 335 g/mol. The van der Waals surface area contributed by atoms with Crippen molar-refractivity contribution in [3.8, 4) is 10.9 Å². The van der Waals surface area contributed by atoms with Gasteiger partial charge < -0.3 is 4.74 Å².